The minimum absolute atomic E-state index is 0.540. The highest BCUT2D eigenvalue weighted by Crippen LogP contribution is 2.27. The Morgan fingerprint density at radius 1 is 1.21 bits per heavy atom. The molecule has 0 amide bonds. The molecule has 2 rings (SSSR count). The third kappa shape index (κ3) is 3.28. The van der Waals surface area contributed by atoms with Gasteiger partial charge in [-0.15, -0.1) is 0 Å². The monoisotopic (exact) mass is 276 g/mol. The third-order valence-corrected chi connectivity index (χ3v) is 3.64. The number of hydrogen-bond acceptors (Lipinski definition) is 2. The average Bonchev–Trinajstić information content (AvgIpc) is 2.42. The lowest BCUT2D eigenvalue weighted by molar-refractivity contribution is 0.177. The number of ether oxygens (including phenoxy) is 1. The molecule has 0 heterocycles. The van der Waals surface area contributed by atoms with Gasteiger partial charge in [-0.2, -0.15) is 0 Å². The summed E-state index contributed by atoms with van der Waals surface area (Å²) in [6.07, 6.45) is -0.0240. The summed E-state index contributed by atoms with van der Waals surface area (Å²) < 4.78 is 5.18. The minimum atomic E-state index is -0.564. The second kappa shape index (κ2) is 6.09. The van der Waals surface area contributed by atoms with Crippen molar-refractivity contribution in [2.45, 2.75) is 19.4 Å². The molecule has 1 atom stereocenters. The van der Waals surface area contributed by atoms with Crippen molar-refractivity contribution in [3.8, 4) is 5.75 Å². The number of aliphatic hydroxyl groups is 1. The molecule has 0 fully saturated rings. The highest BCUT2D eigenvalue weighted by Gasteiger charge is 2.13. The molecule has 19 heavy (non-hydrogen) atoms. The van der Waals surface area contributed by atoms with Gasteiger partial charge in [0.2, 0.25) is 0 Å². The molecule has 2 nitrogen and oxygen atoms in total. The summed E-state index contributed by atoms with van der Waals surface area (Å²) in [6, 6.07) is 13.3. The van der Waals surface area contributed by atoms with Crippen LogP contribution in [-0.2, 0) is 6.42 Å². The Balaban J connectivity index is 2.20. The summed E-state index contributed by atoms with van der Waals surface area (Å²) >= 11 is 6.08. The van der Waals surface area contributed by atoms with Crippen molar-refractivity contribution in [2.24, 2.45) is 0 Å². The van der Waals surface area contributed by atoms with Gasteiger partial charge in [0.1, 0.15) is 5.75 Å². The molecule has 0 aliphatic heterocycles. The van der Waals surface area contributed by atoms with Crippen LogP contribution in [0.2, 0.25) is 5.02 Å². The van der Waals surface area contributed by atoms with Gasteiger partial charge in [-0.1, -0.05) is 35.9 Å². The topological polar surface area (TPSA) is 29.5 Å². The first kappa shape index (κ1) is 13.9. The summed E-state index contributed by atoms with van der Waals surface area (Å²) in [5, 5.41) is 11.0. The fraction of sp³-hybridized carbons (Fsp3) is 0.250. The van der Waals surface area contributed by atoms with E-state index in [1.165, 1.54) is 0 Å². The van der Waals surface area contributed by atoms with Crippen LogP contribution in [0.1, 0.15) is 22.8 Å². The fourth-order valence-corrected chi connectivity index (χ4v) is 2.30. The van der Waals surface area contributed by atoms with Gasteiger partial charge in [-0.3, -0.25) is 0 Å². The standard InChI is InChI=1S/C16H17ClO2/c1-11-14(7-4-8-15(11)17)16(18)10-12-5-3-6-13(9-12)19-2/h3-9,16,18H,10H2,1-2H3. The van der Waals surface area contributed by atoms with Crippen molar-refractivity contribution in [3.05, 3.63) is 64.2 Å². The molecule has 0 aliphatic rings. The van der Waals surface area contributed by atoms with Crippen LogP contribution in [0.5, 0.6) is 5.75 Å². The smallest absolute Gasteiger partial charge is 0.119 e. The van der Waals surface area contributed by atoms with Gasteiger partial charge < -0.3 is 9.84 Å². The minimum Gasteiger partial charge on any atom is -0.497 e. The average molecular weight is 277 g/mol. The molecule has 0 aliphatic carbocycles. The molecule has 0 radical (unpaired) electrons. The van der Waals surface area contributed by atoms with Gasteiger partial charge in [0.25, 0.3) is 0 Å². The number of hydrogen-bond donors (Lipinski definition) is 1. The van der Waals surface area contributed by atoms with E-state index in [9.17, 15) is 5.11 Å². The Hall–Kier alpha value is -1.51. The number of rotatable bonds is 4. The van der Waals surface area contributed by atoms with Gasteiger partial charge >= 0.3 is 0 Å². The van der Waals surface area contributed by atoms with Crippen molar-refractivity contribution in [1.29, 1.82) is 0 Å². The zero-order chi connectivity index (χ0) is 13.8. The molecule has 0 bridgehead atoms. The fourth-order valence-electron chi connectivity index (χ4n) is 2.12. The molecule has 2 aromatic carbocycles. The largest absolute Gasteiger partial charge is 0.497 e. The van der Waals surface area contributed by atoms with E-state index in [1.807, 2.05) is 49.4 Å². The highest BCUT2D eigenvalue weighted by molar-refractivity contribution is 6.31. The third-order valence-electron chi connectivity index (χ3n) is 3.23. The van der Waals surface area contributed by atoms with E-state index in [2.05, 4.69) is 0 Å². The Morgan fingerprint density at radius 2 is 1.95 bits per heavy atom. The SMILES string of the molecule is COc1cccc(CC(O)c2cccc(Cl)c2C)c1. The maximum absolute atomic E-state index is 10.3. The van der Waals surface area contributed by atoms with Crippen LogP contribution < -0.4 is 4.74 Å². The summed E-state index contributed by atoms with van der Waals surface area (Å²) in [5.41, 5.74) is 2.83. The first-order valence-electron chi connectivity index (χ1n) is 6.18. The summed E-state index contributed by atoms with van der Waals surface area (Å²) in [4.78, 5) is 0. The number of halogens is 1. The van der Waals surface area contributed by atoms with Crippen molar-refractivity contribution in [1.82, 2.24) is 0 Å². The maximum Gasteiger partial charge on any atom is 0.119 e. The number of aliphatic hydroxyl groups excluding tert-OH is 1. The van der Waals surface area contributed by atoms with Crippen molar-refractivity contribution in [3.63, 3.8) is 0 Å². The van der Waals surface area contributed by atoms with E-state index in [-0.39, 0.29) is 0 Å². The molecule has 1 unspecified atom stereocenters. The molecule has 0 aromatic heterocycles. The van der Waals surface area contributed by atoms with E-state index in [4.69, 9.17) is 16.3 Å². The second-order valence-electron chi connectivity index (χ2n) is 4.53. The van der Waals surface area contributed by atoms with Crippen LogP contribution in [0.15, 0.2) is 42.5 Å². The van der Waals surface area contributed by atoms with Crippen molar-refractivity contribution >= 4 is 11.6 Å². The molecular weight excluding hydrogens is 260 g/mol. The van der Waals surface area contributed by atoms with Gasteiger partial charge in [-0.05, 0) is 41.8 Å². The molecule has 3 heteroatoms. The Kier molecular flexibility index (Phi) is 4.46. The zero-order valence-corrected chi connectivity index (χ0v) is 11.8. The predicted octanol–water partition coefficient (Wildman–Crippen LogP) is 3.93. The first-order chi connectivity index (χ1) is 9.11. The van der Waals surface area contributed by atoms with Crippen LogP contribution in [0, 0.1) is 6.92 Å². The second-order valence-corrected chi connectivity index (χ2v) is 4.93. The van der Waals surface area contributed by atoms with E-state index in [1.54, 1.807) is 7.11 Å². The number of benzene rings is 2. The zero-order valence-electron chi connectivity index (χ0n) is 11.1. The summed E-state index contributed by atoms with van der Waals surface area (Å²) in [6.45, 7) is 1.92. The van der Waals surface area contributed by atoms with Crippen molar-refractivity contribution < 1.29 is 9.84 Å². The summed E-state index contributed by atoms with van der Waals surface area (Å²) in [5.74, 6) is 0.799. The molecule has 0 spiro atoms. The van der Waals surface area contributed by atoms with Crippen LogP contribution in [0.3, 0.4) is 0 Å². The lowest BCUT2D eigenvalue weighted by Gasteiger charge is -2.15. The lowest BCUT2D eigenvalue weighted by Crippen LogP contribution is -2.04. The van der Waals surface area contributed by atoms with E-state index >= 15 is 0 Å². The molecule has 0 saturated heterocycles. The molecular formula is C16H17ClO2. The number of methoxy groups -OCH3 is 1. The van der Waals surface area contributed by atoms with Gasteiger partial charge in [-0.25, -0.2) is 0 Å². The normalized spacial score (nSPS) is 12.2. The Bertz CT molecular complexity index is 566. The molecule has 100 valence electrons. The van der Waals surface area contributed by atoms with Gasteiger partial charge in [0.05, 0.1) is 13.2 Å². The lowest BCUT2D eigenvalue weighted by atomic mass is 9.97. The molecule has 1 N–H and O–H groups in total. The Morgan fingerprint density at radius 3 is 2.68 bits per heavy atom. The molecule has 0 saturated carbocycles. The Labute approximate surface area is 118 Å². The summed E-state index contributed by atoms with van der Waals surface area (Å²) in [7, 11) is 1.64. The molecule has 2 aromatic rings. The maximum atomic E-state index is 10.3. The van der Waals surface area contributed by atoms with Crippen LogP contribution in [0.4, 0.5) is 0 Å². The van der Waals surface area contributed by atoms with Gasteiger partial charge in [0, 0.05) is 11.4 Å². The quantitative estimate of drug-likeness (QED) is 0.917. The van der Waals surface area contributed by atoms with E-state index in [0.717, 1.165) is 22.4 Å². The van der Waals surface area contributed by atoms with Crippen molar-refractivity contribution in [2.75, 3.05) is 7.11 Å². The van der Waals surface area contributed by atoms with Gasteiger partial charge in [0.15, 0.2) is 0 Å². The van der Waals surface area contributed by atoms with E-state index < -0.39 is 6.10 Å². The van der Waals surface area contributed by atoms with Crippen LogP contribution in [-0.4, -0.2) is 12.2 Å². The van der Waals surface area contributed by atoms with Crippen LogP contribution in [0.25, 0.3) is 0 Å². The predicted molar refractivity (Wildman–Crippen MR) is 77.8 cm³/mol. The van der Waals surface area contributed by atoms with Crippen LogP contribution >= 0.6 is 11.6 Å². The first-order valence-corrected chi connectivity index (χ1v) is 6.55. The van der Waals surface area contributed by atoms with E-state index in [0.29, 0.717) is 11.4 Å². The highest BCUT2D eigenvalue weighted by atomic mass is 35.5.